The van der Waals surface area contributed by atoms with Gasteiger partial charge < -0.3 is 14.7 Å². The molecule has 4 rings (SSSR count). The van der Waals surface area contributed by atoms with E-state index in [1.165, 1.54) is 30.5 Å². The monoisotopic (exact) mass is 393 g/mol. The van der Waals surface area contributed by atoms with Crippen molar-refractivity contribution in [3.8, 4) is 0 Å². The summed E-state index contributed by atoms with van der Waals surface area (Å²) in [5, 5.41) is 0. The van der Waals surface area contributed by atoms with E-state index in [1.807, 2.05) is 18.0 Å². The van der Waals surface area contributed by atoms with Crippen molar-refractivity contribution >= 4 is 17.5 Å². The van der Waals surface area contributed by atoms with Gasteiger partial charge in [0, 0.05) is 57.9 Å². The molecule has 1 aromatic carbocycles. The van der Waals surface area contributed by atoms with Crippen LogP contribution in [0.1, 0.15) is 37.7 Å². The van der Waals surface area contributed by atoms with E-state index < -0.39 is 0 Å². The van der Waals surface area contributed by atoms with Gasteiger partial charge >= 0.3 is 0 Å². The first-order valence-electron chi connectivity index (χ1n) is 10.8. The predicted octanol–water partition coefficient (Wildman–Crippen LogP) is 3.34. The highest BCUT2D eigenvalue weighted by atomic mass is 16.2. The maximum atomic E-state index is 13.0. The van der Waals surface area contributed by atoms with E-state index >= 15 is 0 Å². The number of amides is 1. The van der Waals surface area contributed by atoms with Crippen LogP contribution >= 0.6 is 0 Å². The van der Waals surface area contributed by atoms with Crippen molar-refractivity contribution in [1.29, 1.82) is 0 Å². The van der Waals surface area contributed by atoms with E-state index in [0.717, 1.165) is 38.4 Å². The van der Waals surface area contributed by atoms with E-state index in [0.29, 0.717) is 13.1 Å². The topological polar surface area (TPSA) is 52.6 Å². The Morgan fingerprint density at radius 3 is 2.41 bits per heavy atom. The second kappa shape index (κ2) is 9.25. The molecule has 154 valence electrons. The fraction of sp³-hybridized carbons (Fsp3) is 0.522. The van der Waals surface area contributed by atoms with Crippen molar-refractivity contribution in [2.24, 2.45) is 5.92 Å². The van der Waals surface area contributed by atoms with E-state index in [4.69, 9.17) is 0 Å². The Balaban J connectivity index is 1.34. The summed E-state index contributed by atoms with van der Waals surface area (Å²) in [6, 6.07) is 10.6. The molecular formula is C23H31N5O. The Kier molecular flexibility index (Phi) is 6.27. The van der Waals surface area contributed by atoms with Crippen molar-refractivity contribution in [2.45, 2.75) is 38.6 Å². The molecular weight excluding hydrogens is 362 g/mol. The fourth-order valence-corrected chi connectivity index (χ4v) is 4.44. The highest BCUT2D eigenvalue weighted by Gasteiger charge is 2.29. The van der Waals surface area contributed by atoms with Crippen LogP contribution < -0.4 is 9.80 Å². The third kappa shape index (κ3) is 4.86. The molecule has 2 fully saturated rings. The summed E-state index contributed by atoms with van der Waals surface area (Å²) in [7, 11) is 1.92. The summed E-state index contributed by atoms with van der Waals surface area (Å²) in [5.41, 5.74) is 2.48. The second-order valence-corrected chi connectivity index (χ2v) is 8.24. The number of hydrogen-bond acceptors (Lipinski definition) is 5. The molecule has 1 atom stereocenters. The van der Waals surface area contributed by atoms with Gasteiger partial charge in [-0.25, -0.2) is 9.97 Å². The molecule has 0 radical (unpaired) electrons. The minimum Gasteiger partial charge on any atom is -0.372 e. The molecule has 0 spiro atoms. The summed E-state index contributed by atoms with van der Waals surface area (Å²) in [6.45, 7) is 4.57. The lowest BCUT2D eigenvalue weighted by Gasteiger charge is -2.34. The molecule has 0 N–H and O–H groups in total. The second-order valence-electron chi connectivity index (χ2n) is 8.24. The molecule has 0 bridgehead atoms. The lowest BCUT2D eigenvalue weighted by molar-refractivity contribution is -0.135. The van der Waals surface area contributed by atoms with Gasteiger partial charge in [-0.05, 0) is 55.9 Å². The van der Waals surface area contributed by atoms with Gasteiger partial charge in [0.1, 0.15) is 0 Å². The number of aromatic nitrogens is 2. The van der Waals surface area contributed by atoms with Gasteiger partial charge in [0.05, 0.1) is 5.92 Å². The molecule has 2 aliphatic rings. The lowest BCUT2D eigenvalue weighted by Crippen LogP contribution is -2.44. The van der Waals surface area contributed by atoms with Crippen molar-refractivity contribution in [3.63, 3.8) is 0 Å². The van der Waals surface area contributed by atoms with Crippen LogP contribution in [0.25, 0.3) is 0 Å². The van der Waals surface area contributed by atoms with Gasteiger partial charge in [0.15, 0.2) is 0 Å². The van der Waals surface area contributed by atoms with Crippen LogP contribution in [0.5, 0.6) is 0 Å². The zero-order valence-electron chi connectivity index (χ0n) is 17.3. The standard InChI is InChI=1S/C23H31N5O/c1-26(17-19-8-10-21(11-9-19)27-14-3-2-4-15-27)22(29)20-7-5-16-28(18-20)23-24-12-6-13-25-23/h6,8-13,20H,2-5,7,14-18H2,1H3. The summed E-state index contributed by atoms with van der Waals surface area (Å²) >= 11 is 0. The van der Waals surface area contributed by atoms with Gasteiger partial charge in [-0.15, -0.1) is 0 Å². The Morgan fingerprint density at radius 1 is 1.00 bits per heavy atom. The van der Waals surface area contributed by atoms with Crippen molar-refractivity contribution < 1.29 is 4.79 Å². The zero-order chi connectivity index (χ0) is 20.1. The fourth-order valence-electron chi connectivity index (χ4n) is 4.44. The number of anilines is 2. The molecule has 6 heteroatoms. The maximum Gasteiger partial charge on any atom is 0.227 e. The van der Waals surface area contributed by atoms with Gasteiger partial charge in [-0.1, -0.05) is 12.1 Å². The first kappa shape index (κ1) is 19.7. The average molecular weight is 394 g/mol. The predicted molar refractivity (Wildman–Crippen MR) is 116 cm³/mol. The summed E-state index contributed by atoms with van der Waals surface area (Å²) in [6.07, 6.45) is 9.35. The third-order valence-electron chi connectivity index (χ3n) is 6.06. The highest BCUT2D eigenvalue weighted by molar-refractivity contribution is 5.79. The van der Waals surface area contributed by atoms with Gasteiger partial charge in [0.25, 0.3) is 0 Å². The van der Waals surface area contributed by atoms with Crippen LogP contribution in [0.15, 0.2) is 42.7 Å². The van der Waals surface area contributed by atoms with Crippen molar-refractivity contribution in [1.82, 2.24) is 14.9 Å². The number of rotatable bonds is 5. The van der Waals surface area contributed by atoms with E-state index in [2.05, 4.69) is 44.0 Å². The molecule has 1 unspecified atom stereocenters. The maximum absolute atomic E-state index is 13.0. The van der Waals surface area contributed by atoms with E-state index in [1.54, 1.807) is 12.4 Å². The molecule has 1 amide bonds. The minimum atomic E-state index is 0.00480. The van der Waals surface area contributed by atoms with Crippen LogP contribution in [0.2, 0.25) is 0 Å². The van der Waals surface area contributed by atoms with Crippen LogP contribution in [0, 0.1) is 5.92 Å². The van der Waals surface area contributed by atoms with Crippen molar-refractivity contribution in [3.05, 3.63) is 48.3 Å². The first-order chi connectivity index (χ1) is 14.2. The van der Waals surface area contributed by atoms with Crippen LogP contribution in [0.4, 0.5) is 11.6 Å². The molecule has 0 saturated carbocycles. The summed E-state index contributed by atoms with van der Waals surface area (Å²) in [5.74, 6) is 0.942. The Bertz CT molecular complexity index is 789. The third-order valence-corrected chi connectivity index (χ3v) is 6.06. The summed E-state index contributed by atoms with van der Waals surface area (Å²) in [4.78, 5) is 28.2. The minimum absolute atomic E-state index is 0.00480. The Hall–Kier alpha value is -2.63. The first-order valence-corrected chi connectivity index (χ1v) is 10.8. The average Bonchev–Trinajstić information content (AvgIpc) is 2.80. The van der Waals surface area contributed by atoms with E-state index in [9.17, 15) is 4.79 Å². The van der Waals surface area contributed by atoms with Gasteiger partial charge in [-0.2, -0.15) is 0 Å². The number of nitrogens with zero attached hydrogens (tertiary/aromatic N) is 5. The molecule has 2 saturated heterocycles. The number of carbonyl (C=O) groups excluding carboxylic acids is 1. The normalized spacial score (nSPS) is 19.8. The lowest BCUT2D eigenvalue weighted by atomic mass is 9.96. The van der Waals surface area contributed by atoms with E-state index in [-0.39, 0.29) is 11.8 Å². The zero-order valence-corrected chi connectivity index (χ0v) is 17.3. The van der Waals surface area contributed by atoms with Gasteiger partial charge in [-0.3, -0.25) is 4.79 Å². The smallest absolute Gasteiger partial charge is 0.227 e. The largest absolute Gasteiger partial charge is 0.372 e. The number of hydrogen-bond donors (Lipinski definition) is 0. The molecule has 6 nitrogen and oxygen atoms in total. The summed E-state index contributed by atoms with van der Waals surface area (Å²) < 4.78 is 0. The van der Waals surface area contributed by atoms with Crippen LogP contribution in [-0.2, 0) is 11.3 Å². The highest BCUT2D eigenvalue weighted by Crippen LogP contribution is 2.23. The molecule has 3 heterocycles. The quantitative estimate of drug-likeness (QED) is 0.780. The van der Waals surface area contributed by atoms with Crippen LogP contribution in [-0.4, -0.2) is 54.0 Å². The van der Waals surface area contributed by atoms with Gasteiger partial charge in [0.2, 0.25) is 11.9 Å². The van der Waals surface area contributed by atoms with Crippen molar-refractivity contribution in [2.75, 3.05) is 43.0 Å². The number of benzene rings is 1. The molecule has 1 aromatic heterocycles. The Morgan fingerprint density at radius 2 is 1.69 bits per heavy atom. The molecule has 0 aliphatic carbocycles. The number of piperidine rings is 2. The molecule has 29 heavy (non-hydrogen) atoms. The SMILES string of the molecule is CN(Cc1ccc(N2CCCCC2)cc1)C(=O)C1CCCN(c2ncccn2)C1. The Labute approximate surface area is 173 Å². The van der Waals surface area contributed by atoms with Crippen LogP contribution in [0.3, 0.4) is 0 Å². The number of carbonyl (C=O) groups is 1. The molecule has 2 aliphatic heterocycles. The molecule has 2 aromatic rings.